The highest BCUT2D eigenvalue weighted by atomic mass is 15.3. The highest BCUT2D eigenvalue weighted by molar-refractivity contribution is 5.49. The minimum Gasteiger partial charge on any atom is -0.357 e. The van der Waals surface area contributed by atoms with Gasteiger partial charge in [0, 0.05) is 25.6 Å². The molecule has 1 fully saturated rings. The number of nitrogens with zero attached hydrogens (tertiary/aromatic N) is 3. The summed E-state index contributed by atoms with van der Waals surface area (Å²) in [5, 5.41) is 0. The van der Waals surface area contributed by atoms with Crippen LogP contribution < -0.4 is 16.2 Å². The summed E-state index contributed by atoms with van der Waals surface area (Å²) in [6.07, 6.45) is 7.08. The normalized spacial score (nSPS) is 22.6. The van der Waals surface area contributed by atoms with Crippen LogP contribution in [-0.4, -0.2) is 23.1 Å². The molecule has 1 aromatic heterocycles. The number of rotatable bonds is 5. The monoisotopic (exact) mass is 277 g/mol. The Morgan fingerprint density at radius 2 is 2.20 bits per heavy atom. The molecular weight excluding hydrogens is 250 g/mol. The molecule has 3 N–H and O–H groups in total. The molecule has 112 valence electrons. The van der Waals surface area contributed by atoms with Crippen LogP contribution >= 0.6 is 0 Å². The molecule has 0 aliphatic heterocycles. The Bertz CT molecular complexity index is 434. The van der Waals surface area contributed by atoms with Crippen LogP contribution in [0.3, 0.4) is 0 Å². The maximum absolute atomic E-state index is 5.53. The lowest BCUT2D eigenvalue weighted by atomic mass is 9.86. The van der Waals surface area contributed by atoms with Gasteiger partial charge in [-0.05, 0) is 25.2 Å². The van der Waals surface area contributed by atoms with E-state index in [1.54, 1.807) is 0 Å². The van der Waals surface area contributed by atoms with Crippen LogP contribution in [0, 0.1) is 5.92 Å². The van der Waals surface area contributed by atoms with E-state index in [4.69, 9.17) is 10.8 Å². The first kappa shape index (κ1) is 15.0. The number of hydrazine groups is 1. The predicted molar refractivity (Wildman–Crippen MR) is 83.7 cm³/mol. The molecule has 1 aromatic rings. The van der Waals surface area contributed by atoms with Gasteiger partial charge < -0.3 is 10.3 Å². The van der Waals surface area contributed by atoms with Gasteiger partial charge in [0.2, 0.25) is 0 Å². The van der Waals surface area contributed by atoms with Crippen molar-refractivity contribution in [1.82, 2.24) is 9.97 Å². The van der Waals surface area contributed by atoms with E-state index in [0.29, 0.717) is 11.9 Å². The summed E-state index contributed by atoms with van der Waals surface area (Å²) >= 11 is 0. The average Bonchev–Trinajstić information content (AvgIpc) is 2.46. The summed E-state index contributed by atoms with van der Waals surface area (Å²) in [5.74, 6) is 8.89. The second kappa shape index (κ2) is 6.88. The zero-order valence-electron chi connectivity index (χ0n) is 12.9. The second-order valence-corrected chi connectivity index (χ2v) is 5.96. The fourth-order valence-electron chi connectivity index (χ4n) is 3.01. The molecular formula is C15H27N5. The summed E-state index contributed by atoms with van der Waals surface area (Å²) in [4.78, 5) is 11.4. The van der Waals surface area contributed by atoms with Gasteiger partial charge in [-0.15, -0.1) is 0 Å². The van der Waals surface area contributed by atoms with Gasteiger partial charge in [0.15, 0.2) is 0 Å². The van der Waals surface area contributed by atoms with Crippen molar-refractivity contribution in [3.05, 3.63) is 11.9 Å². The molecule has 0 aromatic carbocycles. The molecule has 1 aliphatic rings. The van der Waals surface area contributed by atoms with Crippen LogP contribution in [-0.2, 0) is 6.42 Å². The quantitative estimate of drug-likeness (QED) is 0.640. The topological polar surface area (TPSA) is 67.1 Å². The number of aromatic nitrogens is 2. The van der Waals surface area contributed by atoms with Crippen molar-refractivity contribution in [2.75, 3.05) is 17.4 Å². The zero-order valence-corrected chi connectivity index (χ0v) is 12.9. The second-order valence-electron chi connectivity index (χ2n) is 5.96. The van der Waals surface area contributed by atoms with Gasteiger partial charge in [0.25, 0.3) is 0 Å². The molecule has 5 heteroatoms. The van der Waals surface area contributed by atoms with Crippen LogP contribution in [0.2, 0.25) is 0 Å². The van der Waals surface area contributed by atoms with E-state index in [-0.39, 0.29) is 0 Å². The molecule has 0 saturated heterocycles. The molecule has 0 radical (unpaired) electrons. The van der Waals surface area contributed by atoms with Gasteiger partial charge in [-0.25, -0.2) is 15.8 Å². The first-order chi connectivity index (χ1) is 9.63. The molecule has 1 heterocycles. The highest BCUT2D eigenvalue weighted by Crippen LogP contribution is 2.29. The number of aryl methyl sites for hydroxylation is 1. The molecule has 0 amide bonds. The first-order valence-electron chi connectivity index (χ1n) is 7.71. The molecule has 20 heavy (non-hydrogen) atoms. The van der Waals surface area contributed by atoms with Crippen molar-refractivity contribution in [2.24, 2.45) is 11.8 Å². The predicted octanol–water partition coefficient (Wildman–Crippen LogP) is 2.73. The molecule has 1 aliphatic carbocycles. The average molecular weight is 277 g/mol. The molecule has 2 rings (SSSR count). The van der Waals surface area contributed by atoms with E-state index in [9.17, 15) is 0 Å². The zero-order chi connectivity index (χ0) is 14.5. The van der Waals surface area contributed by atoms with Crippen LogP contribution in [0.15, 0.2) is 6.07 Å². The number of anilines is 2. The number of nitrogens with one attached hydrogen (secondary N) is 1. The van der Waals surface area contributed by atoms with Crippen molar-refractivity contribution in [3.63, 3.8) is 0 Å². The lowest BCUT2D eigenvalue weighted by Gasteiger charge is -2.35. The molecule has 2 atom stereocenters. The third-order valence-corrected chi connectivity index (χ3v) is 4.20. The fraction of sp³-hybridized carbons (Fsp3) is 0.733. The molecule has 2 unspecified atom stereocenters. The summed E-state index contributed by atoms with van der Waals surface area (Å²) in [6, 6.07) is 2.52. The van der Waals surface area contributed by atoms with E-state index < -0.39 is 0 Å². The van der Waals surface area contributed by atoms with E-state index in [2.05, 4.69) is 36.2 Å². The van der Waals surface area contributed by atoms with Gasteiger partial charge in [-0.1, -0.05) is 26.7 Å². The van der Waals surface area contributed by atoms with E-state index in [0.717, 1.165) is 30.4 Å². The maximum Gasteiger partial charge on any atom is 0.145 e. The Morgan fingerprint density at radius 1 is 1.40 bits per heavy atom. The number of nitrogen functional groups attached to an aromatic ring is 1. The molecule has 0 bridgehead atoms. The van der Waals surface area contributed by atoms with Crippen molar-refractivity contribution < 1.29 is 0 Å². The number of hydrogen-bond donors (Lipinski definition) is 2. The standard InChI is InChI=1S/C15H27N5/c1-4-6-13-17-14(19-16)10-15(18-13)20(3)12-8-5-7-11(2)9-12/h10-12H,4-9,16H2,1-3H3,(H,17,18,19). The summed E-state index contributed by atoms with van der Waals surface area (Å²) in [6.45, 7) is 4.48. The van der Waals surface area contributed by atoms with Crippen LogP contribution in [0.25, 0.3) is 0 Å². The van der Waals surface area contributed by atoms with Crippen LogP contribution in [0.5, 0.6) is 0 Å². The number of nitrogens with two attached hydrogens (primary N) is 1. The van der Waals surface area contributed by atoms with Gasteiger partial charge in [0.1, 0.15) is 17.5 Å². The summed E-state index contributed by atoms with van der Waals surface area (Å²) < 4.78 is 0. The van der Waals surface area contributed by atoms with Crippen LogP contribution in [0.4, 0.5) is 11.6 Å². The SMILES string of the molecule is CCCc1nc(NN)cc(N(C)C2CCCC(C)C2)n1. The van der Waals surface area contributed by atoms with Gasteiger partial charge in [-0.3, -0.25) is 0 Å². The molecule has 5 nitrogen and oxygen atoms in total. The minimum absolute atomic E-state index is 0.578. The highest BCUT2D eigenvalue weighted by Gasteiger charge is 2.23. The van der Waals surface area contributed by atoms with E-state index in [1.165, 1.54) is 25.7 Å². The Morgan fingerprint density at radius 3 is 2.85 bits per heavy atom. The van der Waals surface area contributed by atoms with Gasteiger partial charge in [0.05, 0.1) is 0 Å². The Balaban J connectivity index is 2.19. The summed E-state index contributed by atoms with van der Waals surface area (Å²) in [7, 11) is 2.14. The summed E-state index contributed by atoms with van der Waals surface area (Å²) in [5.41, 5.74) is 2.65. The lowest BCUT2D eigenvalue weighted by molar-refractivity contribution is 0.335. The minimum atomic E-state index is 0.578. The largest absolute Gasteiger partial charge is 0.357 e. The molecule has 1 saturated carbocycles. The van der Waals surface area contributed by atoms with E-state index in [1.807, 2.05) is 6.07 Å². The van der Waals surface area contributed by atoms with Crippen molar-refractivity contribution in [1.29, 1.82) is 0 Å². The third-order valence-electron chi connectivity index (χ3n) is 4.20. The number of hydrogen-bond acceptors (Lipinski definition) is 5. The van der Waals surface area contributed by atoms with E-state index >= 15 is 0 Å². The van der Waals surface area contributed by atoms with Gasteiger partial charge in [-0.2, -0.15) is 0 Å². The van der Waals surface area contributed by atoms with Crippen LogP contribution in [0.1, 0.15) is 51.8 Å². The fourth-order valence-corrected chi connectivity index (χ4v) is 3.01. The Kier molecular flexibility index (Phi) is 5.17. The van der Waals surface area contributed by atoms with Crippen molar-refractivity contribution in [3.8, 4) is 0 Å². The smallest absolute Gasteiger partial charge is 0.145 e. The molecule has 0 spiro atoms. The Hall–Kier alpha value is -1.36. The van der Waals surface area contributed by atoms with Crippen molar-refractivity contribution in [2.45, 2.75) is 58.4 Å². The van der Waals surface area contributed by atoms with Gasteiger partial charge >= 0.3 is 0 Å². The lowest BCUT2D eigenvalue weighted by Crippen LogP contribution is -2.36. The third kappa shape index (κ3) is 3.60. The first-order valence-corrected chi connectivity index (χ1v) is 7.71. The Labute approximate surface area is 121 Å². The maximum atomic E-state index is 5.53. The van der Waals surface area contributed by atoms with Crippen molar-refractivity contribution >= 4 is 11.6 Å².